The first kappa shape index (κ1) is 14.1. The molecule has 3 N–H and O–H groups in total. The van der Waals surface area contributed by atoms with Crippen LogP contribution < -0.4 is 11.1 Å². The van der Waals surface area contributed by atoms with Crippen LogP contribution in [0.1, 0.15) is 30.7 Å². The van der Waals surface area contributed by atoms with Crippen LogP contribution in [0.5, 0.6) is 0 Å². The molecule has 1 aromatic heterocycles. The van der Waals surface area contributed by atoms with Gasteiger partial charge in [-0.25, -0.2) is 9.97 Å². The van der Waals surface area contributed by atoms with E-state index >= 15 is 0 Å². The topological polar surface area (TPSA) is 67.1 Å². The molecular weight excluding hydrogens is 258 g/mol. The number of likely N-dealkylation sites (tertiary alicyclic amines) is 1. The van der Waals surface area contributed by atoms with E-state index in [-0.39, 0.29) is 0 Å². The summed E-state index contributed by atoms with van der Waals surface area (Å²) < 4.78 is 0. The van der Waals surface area contributed by atoms with Crippen LogP contribution in [0.25, 0.3) is 0 Å². The molecule has 1 aliphatic heterocycles. The van der Waals surface area contributed by atoms with Gasteiger partial charge in [-0.2, -0.15) is 0 Å². The van der Waals surface area contributed by atoms with Gasteiger partial charge in [-0.05, 0) is 51.9 Å². The third kappa shape index (κ3) is 4.40. The molecule has 0 unspecified atom stereocenters. The summed E-state index contributed by atoms with van der Waals surface area (Å²) in [6.07, 6.45) is 3.77. The zero-order chi connectivity index (χ0) is 13.7. The molecule has 1 saturated heterocycles. The van der Waals surface area contributed by atoms with Crippen LogP contribution in [0.4, 0.5) is 5.95 Å². The summed E-state index contributed by atoms with van der Waals surface area (Å²) >= 11 is 4.94. The Morgan fingerprint density at radius 2 is 2.16 bits per heavy atom. The number of hydrogen-bond acceptors (Lipinski definition) is 5. The number of thiocarbonyl (C=S) groups is 1. The Morgan fingerprint density at radius 3 is 2.84 bits per heavy atom. The molecule has 1 fully saturated rings. The Morgan fingerprint density at radius 1 is 1.42 bits per heavy atom. The molecule has 0 amide bonds. The molecule has 1 aromatic rings. The smallest absolute Gasteiger partial charge is 0.223 e. The maximum absolute atomic E-state index is 5.60. The van der Waals surface area contributed by atoms with Crippen LogP contribution in [0.3, 0.4) is 0 Å². The highest BCUT2D eigenvalue weighted by Crippen LogP contribution is 2.08. The first-order valence-electron chi connectivity index (χ1n) is 6.77. The average Bonchev–Trinajstić information content (AvgIpc) is 2.87. The zero-order valence-corrected chi connectivity index (χ0v) is 12.2. The molecule has 0 atom stereocenters. The highest BCUT2D eigenvalue weighted by molar-refractivity contribution is 7.80. The van der Waals surface area contributed by atoms with Crippen LogP contribution in [0, 0.1) is 6.92 Å². The monoisotopic (exact) mass is 279 g/mol. The summed E-state index contributed by atoms with van der Waals surface area (Å²) in [4.78, 5) is 11.4. The fraction of sp³-hybridized carbons (Fsp3) is 0.615. The number of aromatic nitrogens is 2. The lowest BCUT2D eigenvalue weighted by Crippen LogP contribution is -2.22. The third-order valence-corrected chi connectivity index (χ3v) is 3.45. The molecule has 5 nitrogen and oxygen atoms in total. The van der Waals surface area contributed by atoms with Crippen molar-refractivity contribution >= 4 is 23.2 Å². The quantitative estimate of drug-likeness (QED) is 0.605. The highest BCUT2D eigenvalue weighted by atomic mass is 32.1. The molecule has 0 spiro atoms. The van der Waals surface area contributed by atoms with E-state index in [0.29, 0.717) is 16.6 Å². The molecule has 0 aromatic carbocycles. The van der Waals surface area contributed by atoms with Crippen LogP contribution in [-0.2, 0) is 0 Å². The number of nitrogens with zero attached hydrogens (tertiary/aromatic N) is 3. The molecule has 6 heteroatoms. The lowest BCUT2D eigenvalue weighted by Gasteiger charge is -2.14. The second-order valence-corrected chi connectivity index (χ2v) is 5.35. The molecule has 2 rings (SSSR count). The van der Waals surface area contributed by atoms with Crippen molar-refractivity contribution in [1.29, 1.82) is 0 Å². The van der Waals surface area contributed by atoms with Gasteiger partial charge in [0.25, 0.3) is 0 Å². The Bertz CT molecular complexity index is 443. The van der Waals surface area contributed by atoms with E-state index in [9.17, 15) is 0 Å². The number of rotatable bonds is 6. The highest BCUT2D eigenvalue weighted by Gasteiger charge is 2.10. The lowest BCUT2D eigenvalue weighted by molar-refractivity contribution is 0.337. The molecule has 1 aliphatic rings. The van der Waals surface area contributed by atoms with Crippen molar-refractivity contribution in [2.75, 3.05) is 31.5 Å². The minimum absolute atomic E-state index is 0.311. The van der Waals surface area contributed by atoms with Gasteiger partial charge in [0, 0.05) is 12.2 Å². The fourth-order valence-electron chi connectivity index (χ4n) is 2.28. The number of aryl methyl sites for hydroxylation is 1. The molecule has 19 heavy (non-hydrogen) atoms. The lowest BCUT2D eigenvalue weighted by atomic mass is 10.3. The summed E-state index contributed by atoms with van der Waals surface area (Å²) in [6, 6.07) is 1.80. The normalized spacial score (nSPS) is 15.6. The van der Waals surface area contributed by atoms with Crippen LogP contribution >= 0.6 is 12.2 Å². The van der Waals surface area contributed by atoms with Crippen LogP contribution in [0.15, 0.2) is 6.07 Å². The molecular formula is C13H21N5S. The molecule has 104 valence electrons. The van der Waals surface area contributed by atoms with Gasteiger partial charge in [0.1, 0.15) is 10.7 Å². The van der Waals surface area contributed by atoms with Gasteiger partial charge in [0.2, 0.25) is 5.95 Å². The Labute approximate surface area is 119 Å². The van der Waals surface area contributed by atoms with Crippen molar-refractivity contribution in [2.24, 2.45) is 5.73 Å². The number of nitrogens with two attached hydrogens (primary N) is 1. The average molecular weight is 279 g/mol. The van der Waals surface area contributed by atoms with Gasteiger partial charge in [-0.3, -0.25) is 0 Å². The minimum Gasteiger partial charge on any atom is -0.388 e. The maximum atomic E-state index is 5.60. The first-order valence-corrected chi connectivity index (χ1v) is 7.18. The van der Waals surface area contributed by atoms with Crippen molar-refractivity contribution in [3.05, 3.63) is 17.5 Å². The molecule has 0 bridgehead atoms. The van der Waals surface area contributed by atoms with Crippen molar-refractivity contribution in [3.8, 4) is 0 Å². The molecule has 2 heterocycles. The van der Waals surface area contributed by atoms with Crippen molar-refractivity contribution in [1.82, 2.24) is 14.9 Å². The number of nitrogens with one attached hydrogen (secondary N) is 1. The maximum Gasteiger partial charge on any atom is 0.223 e. The summed E-state index contributed by atoms with van der Waals surface area (Å²) in [5, 5.41) is 3.24. The Kier molecular flexibility index (Phi) is 5.04. The predicted molar refractivity (Wildman–Crippen MR) is 81.4 cm³/mol. The molecule has 0 radical (unpaired) electrons. The van der Waals surface area contributed by atoms with Gasteiger partial charge >= 0.3 is 0 Å². The van der Waals surface area contributed by atoms with E-state index < -0.39 is 0 Å². The van der Waals surface area contributed by atoms with Gasteiger partial charge < -0.3 is 16.0 Å². The van der Waals surface area contributed by atoms with E-state index in [1.807, 2.05) is 6.92 Å². The predicted octanol–water partition coefficient (Wildman–Crippen LogP) is 1.32. The second-order valence-electron chi connectivity index (χ2n) is 4.91. The van der Waals surface area contributed by atoms with Crippen LogP contribution in [0.2, 0.25) is 0 Å². The first-order chi connectivity index (χ1) is 9.15. The number of hydrogen-bond donors (Lipinski definition) is 2. The zero-order valence-electron chi connectivity index (χ0n) is 11.4. The summed E-state index contributed by atoms with van der Waals surface area (Å²) in [6.45, 7) is 6.41. The Hall–Kier alpha value is -1.27. The van der Waals surface area contributed by atoms with E-state index in [2.05, 4.69) is 20.2 Å². The van der Waals surface area contributed by atoms with E-state index in [1.165, 1.54) is 25.9 Å². The standard InChI is InChI=1S/C13H21N5S/c1-10-9-11(12(14)19)17-13(16-10)15-5-4-8-18-6-2-3-7-18/h9H,2-8H2,1H3,(H2,14,19)(H,15,16,17). The fourth-order valence-corrected chi connectivity index (χ4v) is 2.39. The van der Waals surface area contributed by atoms with Gasteiger partial charge in [0.05, 0.1) is 0 Å². The van der Waals surface area contributed by atoms with E-state index in [1.54, 1.807) is 6.07 Å². The summed E-state index contributed by atoms with van der Waals surface area (Å²) in [5.41, 5.74) is 7.10. The minimum atomic E-state index is 0.311. The SMILES string of the molecule is Cc1cc(C(N)=S)nc(NCCCN2CCCC2)n1. The van der Waals surface area contributed by atoms with E-state index in [0.717, 1.165) is 25.2 Å². The van der Waals surface area contributed by atoms with Crippen molar-refractivity contribution in [3.63, 3.8) is 0 Å². The third-order valence-electron chi connectivity index (χ3n) is 3.24. The van der Waals surface area contributed by atoms with Crippen molar-refractivity contribution in [2.45, 2.75) is 26.2 Å². The summed E-state index contributed by atoms with van der Waals surface area (Å²) in [5.74, 6) is 0.615. The largest absolute Gasteiger partial charge is 0.388 e. The van der Waals surface area contributed by atoms with Crippen molar-refractivity contribution < 1.29 is 0 Å². The molecule has 0 saturated carbocycles. The Balaban J connectivity index is 1.80. The van der Waals surface area contributed by atoms with E-state index in [4.69, 9.17) is 18.0 Å². The number of anilines is 1. The molecule has 0 aliphatic carbocycles. The van der Waals surface area contributed by atoms with Gasteiger partial charge in [0.15, 0.2) is 0 Å². The summed E-state index contributed by atoms with van der Waals surface area (Å²) in [7, 11) is 0. The van der Waals surface area contributed by atoms with Gasteiger partial charge in [-0.15, -0.1) is 0 Å². The van der Waals surface area contributed by atoms with Crippen LogP contribution in [-0.4, -0.2) is 46.0 Å². The van der Waals surface area contributed by atoms with Gasteiger partial charge in [-0.1, -0.05) is 12.2 Å². The second kappa shape index (κ2) is 6.77.